The van der Waals surface area contributed by atoms with Gasteiger partial charge in [0.25, 0.3) is 5.91 Å². The summed E-state index contributed by atoms with van der Waals surface area (Å²) < 4.78 is 18.4. The average Bonchev–Trinajstić information content (AvgIpc) is 3.45. The first-order chi connectivity index (χ1) is 23.3. The van der Waals surface area contributed by atoms with Crippen LogP contribution in [0.4, 0.5) is 4.39 Å². The molecule has 3 amide bonds. The predicted octanol–water partition coefficient (Wildman–Crippen LogP) is 6.47. The Bertz CT molecular complexity index is 1760. The van der Waals surface area contributed by atoms with E-state index in [2.05, 4.69) is 5.32 Å². The highest BCUT2D eigenvalue weighted by atomic mass is 35.5. The molecule has 9 nitrogen and oxygen atoms in total. The number of nitrogens with zero attached hydrogens (tertiary/aromatic N) is 1. The molecule has 49 heavy (non-hydrogen) atoms. The van der Waals surface area contributed by atoms with Crippen molar-refractivity contribution in [3.05, 3.63) is 98.1 Å². The Hall–Kier alpha value is -3.71. The van der Waals surface area contributed by atoms with Crippen LogP contribution in [0.5, 0.6) is 5.75 Å². The van der Waals surface area contributed by atoms with E-state index in [4.69, 9.17) is 56.1 Å². The molecule has 1 aliphatic rings. The van der Waals surface area contributed by atoms with Gasteiger partial charge < -0.3 is 31.5 Å². The second-order valence-electron chi connectivity index (χ2n) is 11.4. The van der Waals surface area contributed by atoms with Gasteiger partial charge >= 0.3 is 0 Å². The topological polar surface area (TPSA) is 148 Å². The van der Waals surface area contributed by atoms with Crippen molar-refractivity contribution in [2.24, 2.45) is 11.5 Å². The van der Waals surface area contributed by atoms with Crippen LogP contribution in [-0.4, -0.2) is 66.1 Å². The van der Waals surface area contributed by atoms with E-state index < -0.39 is 24.0 Å². The number of nitrogens with one attached hydrogen (secondary N) is 1. The van der Waals surface area contributed by atoms with Crippen LogP contribution in [-0.2, 0) is 9.59 Å². The molecule has 5 rings (SSSR count). The molecule has 1 aliphatic heterocycles. The van der Waals surface area contributed by atoms with Crippen LogP contribution in [0.3, 0.4) is 0 Å². The molecular formula is C35H36Cl3FN4O5S. The maximum atomic E-state index is 14.0. The third-order valence-electron chi connectivity index (χ3n) is 7.85. The zero-order chi connectivity index (χ0) is 35.7. The third-order valence-corrected chi connectivity index (χ3v) is 9.84. The molecule has 4 aromatic rings. The van der Waals surface area contributed by atoms with Gasteiger partial charge in [0.2, 0.25) is 11.8 Å². The first-order valence-electron chi connectivity index (χ1n) is 15.3. The molecule has 1 saturated heterocycles. The van der Waals surface area contributed by atoms with Crippen molar-refractivity contribution in [2.45, 2.75) is 31.7 Å². The van der Waals surface area contributed by atoms with Crippen LogP contribution < -0.4 is 21.5 Å². The van der Waals surface area contributed by atoms with Gasteiger partial charge in [0.05, 0.1) is 17.2 Å². The van der Waals surface area contributed by atoms with Gasteiger partial charge in [0.1, 0.15) is 17.3 Å². The SMILES string of the molecule is Cc1ccc(F)cc1.NC(=O)C1(N)CCN(C(=O)c2sc(-c3ccc(Cl)cc3Cl)c(-c3ccc(Cl)cc3)c2OCCCNC(=O)CO)CC1. The maximum absolute atomic E-state index is 14.0. The molecular weight excluding hydrogens is 714 g/mol. The van der Waals surface area contributed by atoms with Crippen molar-refractivity contribution >= 4 is 63.9 Å². The summed E-state index contributed by atoms with van der Waals surface area (Å²) in [6.07, 6.45) is 0.893. The van der Waals surface area contributed by atoms with Crippen molar-refractivity contribution in [3.8, 4) is 27.3 Å². The summed E-state index contributed by atoms with van der Waals surface area (Å²) >= 11 is 20.2. The van der Waals surface area contributed by atoms with Crippen molar-refractivity contribution in [3.63, 3.8) is 0 Å². The predicted molar refractivity (Wildman–Crippen MR) is 193 cm³/mol. The lowest BCUT2D eigenvalue weighted by Crippen LogP contribution is -2.58. The number of aryl methyl sites for hydroxylation is 1. The van der Waals surface area contributed by atoms with Gasteiger partial charge in [-0.3, -0.25) is 14.4 Å². The summed E-state index contributed by atoms with van der Waals surface area (Å²) in [6, 6.07) is 18.7. The summed E-state index contributed by atoms with van der Waals surface area (Å²) in [5, 5.41) is 12.9. The van der Waals surface area contributed by atoms with Gasteiger partial charge in [-0.15, -0.1) is 11.3 Å². The molecule has 0 spiro atoms. The van der Waals surface area contributed by atoms with Gasteiger partial charge in [0.15, 0.2) is 5.75 Å². The molecule has 3 aromatic carbocycles. The molecule has 0 atom stereocenters. The summed E-state index contributed by atoms with van der Waals surface area (Å²) in [4.78, 5) is 39.9. The Labute approximate surface area is 302 Å². The Morgan fingerprint density at radius 2 is 1.63 bits per heavy atom. The first-order valence-corrected chi connectivity index (χ1v) is 17.3. The number of ether oxygens (including phenoxy) is 1. The molecule has 0 saturated carbocycles. The van der Waals surface area contributed by atoms with Crippen LogP contribution >= 0.6 is 46.1 Å². The number of carbonyl (C=O) groups excluding carboxylic acids is 3. The molecule has 0 aliphatic carbocycles. The number of hydrogen-bond acceptors (Lipinski definition) is 7. The van der Waals surface area contributed by atoms with E-state index >= 15 is 0 Å². The second kappa shape index (κ2) is 17.3. The molecule has 1 aromatic heterocycles. The lowest BCUT2D eigenvalue weighted by Gasteiger charge is -2.36. The fourth-order valence-electron chi connectivity index (χ4n) is 5.00. The number of thiophene rings is 1. The minimum absolute atomic E-state index is 0.171. The first kappa shape index (κ1) is 38.1. The summed E-state index contributed by atoms with van der Waals surface area (Å²) in [5.41, 5.74) is 13.7. The van der Waals surface area contributed by atoms with Crippen molar-refractivity contribution in [1.29, 1.82) is 0 Å². The molecule has 260 valence electrons. The summed E-state index contributed by atoms with van der Waals surface area (Å²) in [7, 11) is 0. The molecule has 0 unspecified atom stereocenters. The van der Waals surface area contributed by atoms with E-state index in [9.17, 15) is 18.8 Å². The van der Waals surface area contributed by atoms with Gasteiger partial charge in [-0.2, -0.15) is 0 Å². The van der Waals surface area contributed by atoms with Crippen molar-refractivity contribution in [2.75, 3.05) is 32.8 Å². The lowest BCUT2D eigenvalue weighted by molar-refractivity contribution is -0.125. The number of rotatable bonds is 10. The second-order valence-corrected chi connectivity index (χ2v) is 13.7. The maximum Gasteiger partial charge on any atom is 0.267 e. The number of piperidine rings is 1. The molecule has 1 fully saturated rings. The third kappa shape index (κ3) is 9.94. The minimum Gasteiger partial charge on any atom is -0.491 e. The number of benzene rings is 3. The minimum atomic E-state index is -1.17. The van der Waals surface area contributed by atoms with Crippen molar-refractivity contribution < 1.29 is 28.6 Å². The molecule has 2 heterocycles. The van der Waals surface area contributed by atoms with Gasteiger partial charge in [0, 0.05) is 45.7 Å². The Balaban J connectivity index is 0.000000592. The van der Waals surface area contributed by atoms with Crippen LogP contribution in [0, 0.1) is 12.7 Å². The lowest BCUT2D eigenvalue weighted by atomic mass is 9.88. The highest BCUT2D eigenvalue weighted by Gasteiger charge is 2.39. The fourth-order valence-corrected chi connectivity index (χ4v) is 6.96. The highest BCUT2D eigenvalue weighted by Crippen LogP contribution is 2.50. The van der Waals surface area contributed by atoms with E-state index in [0.717, 1.165) is 11.1 Å². The largest absolute Gasteiger partial charge is 0.491 e. The van der Waals surface area contributed by atoms with Crippen molar-refractivity contribution in [1.82, 2.24) is 10.2 Å². The molecule has 0 bridgehead atoms. The van der Waals surface area contributed by atoms with E-state index in [-0.39, 0.29) is 50.8 Å². The number of likely N-dealkylation sites (tertiary alicyclic amines) is 1. The Morgan fingerprint density at radius 1 is 1.00 bits per heavy atom. The highest BCUT2D eigenvalue weighted by molar-refractivity contribution is 7.18. The van der Waals surface area contributed by atoms with Gasteiger partial charge in [-0.25, -0.2) is 4.39 Å². The summed E-state index contributed by atoms with van der Waals surface area (Å²) in [5.74, 6) is -1.18. The Kier molecular flexibility index (Phi) is 13.4. The standard InChI is InChI=1S/C28H29Cl3N4O5S.C7H7F/c29-17-4-2-16(3-5-17)22-23(40-13-1-10-34-21(37)15-36)25(41-24(22)19-7-6-18(30)14-20(19)31)26(38)35-11-8-28(33,9-12-35)27(32)39;1-6-2-4-7(8)5-3-6/h2-7,14,36H,1,8-13,15,33H2,(H2,32,39)(H,34,37);2-5H,1H3. The van der Waals surface area contributed by atoms with Gasteiger partial charge in [-0.05, 0) is 68.1 Å². The number of halogens is 4. The molecule has 0 radical (unpaired) electrons. The van der Waals surface area contributed by atoms with Crippen LogP contribution in [0.2, 0.25) is 15.1 Å². The number of aliphatic hydroxyl groups excluding tert-OH is 1. The average molecular weight is 750 g/mol. The van der Waals surface area contributed by atoms with Gasteiger partial charge in [-0.1, -0.05) is 70.7 Å². The monoisotopic (exact) mass is 748 g/mol. The Morgan fingerprint density at radius 3 is 2.20 bits per heavy atom. The quantitative estimate of drug-likeness (QED) is 0.137. The number of aliphatic hydroxyl groups is 1. The van der Waals surface area contributed by atoms with E-state index in [0.29, 0.717) is 48.1 Å². The number of carbonyl (C=O) groups is 3. The summed E-state index contributed by atoms with van der Waals surface area (Å²) in [6.45, 7) is 2.26. The normalized spacial score (nSPS) is 13.7. The zero-order valence-electron chi connectivity index (χ0n) is 26.6. The van der Waals surface area contributed by atoms with E-state index in [1.165, 1.54) is 23.5 Å². The van der Waals surface area contributed by atoms with E-state index in [1.807, 2.05) is 19.1 Å². The number of hydrogen-bond donors (Lipinski definition) is 4. The molecule has 6 N–H and O–H groups in total. The molecule has 14 heteroatoms. The smallest absolute Gasteiger partial charge is 0.267 e. The fraction of sp³-hybridized carbons (Fsp3) is 0.286. The number of primary amides is 1. The van der Waals surface area contributed by atoms with Crippen LogP contribution in [0.1, 0.15) is 34.5 Å². The number of nitrogens with two attached hydrogens (primary N) is 2. The van der Waals surface area contributed by atoms with E-state index in [1.54, 1.807) is 47.4 Å². The van der Waals surface area contributed by atoms with Crippen LogP contribution in [0.25, 0.3) is 21.6 Å². The number of amides is 3. The zero-order valence-corrected chi connectivity index (χ0v) is 29.7. The van der Waals surface area contributed by atoms with Crippen LogP contribution in [0.15, 0.2) is 66.7 Å².